The molecule has 0 atom stereocenters. The van der Waals surface area contributed by atoms with Crippen LogP contribution in [0.25, 0.3) is 6.08 Å². The van der Waals surface area contributed by atoms with Crippen LogP contribution in [0, 0.1) is 6.92 Å². The maximum atomic E-state index is 13.1. The number of hydrogen-bond donors (Lipinski definition) is 1. The van der Waals surface area contributed by atoms with E-state index < -0.39 is 10.0 Å². The molecule has 8 heteroatoms. The number of aryl methyl sites for hydroxylation is 1. The summed E-state index contributed by atoms with van der Waals surface area (Å²) < 4.78 is 38.2. The van der Waals surface area contributed by atoms with Crippen LogP contribution in [0.1, 0.15) is 36.5 Å². The fraction of sp³-hybridized carbons (Fsp3) is 0.375. The van der Waals surface area contributed by atoms with Crippen LogP contribution in [0.4, 0.5) is 5.69 Å². The Hall–Kier alpha value is -2.68. The van der Waals surface area contributed by atoms with Crippen LogP contribution >= 0.6 is 0 Å². The molecule has 172 valence electrons. The summed E-state index contributed by atoms with van der Waals surface area (Å²) in [6, 6.07) is 10.8. The standard InChI is InChI=1S/C24H30N2O5S/c1-17(2)20-7-5-6-18(3)24(20)25-23(27)11-9-19-8-10-21(30-4)22(16-19)32(28,29)26-12-14-31-15-13-26/h5-11,16-17H,12-15H2,1-4H3,(H,25,27)/b11-9+. The van der Waals surface area contributed by atoms with E-state index in [1.165, 1.54) is 23.6 Å². The highest BCUT2D eigenvalue weighted by Gasteiger charge is 2.29. The number of para-hydroxylation sites is 1. The minimum absolute atomic E-state index is 0.0745. The van der Waals surface area contributed by atoms with Crippen LogP contribution in [0.3, 0.4) is 0 Å². The molecule has 0 radical (unpaired) electrons. The second-order valence-corrected chi connectivity index (χ2v) is 9.85. The van der Waals surface area contributed by atoms with Gasteiger partial charge in [0.05, 0.1) is 20.3 Å². The van der Waals surface area contributed by atoms with Crippen molar-refractivity contribution in [3.05, 3.63) is 59.2 Å². The summed E-state index contributed by atoms with van der Waals surface area (Å²) in [6.45, 7) is 7.42. The van der Waals surface area contributed by atoms with E-state index >= 15 is 0 Å². The van der Waals surface area contributed by atoms with Gasteiger partial charge in [-0.2, -0.15) is 4.31 Å². The van der Waals surface area contributed by atoms with Gasteiger partial charge in [-0.3, -0.25) is 4.79 Å². The van der Waals surface area contributed by atoms with Crippen molar-refractivity contribution in [2.24, 2.45) is 0 Å². The average molecular weight is 459 g/mol. The van der Waals surface area contributed by atoms with Gasteiger partial charge in [0, 0.05) is 24.9 Å². The van der Waals surface area contributed by atoms with Crippen molar-refractivity contribution < 1.29 is 22.7 Å². The van der Waals surface area contributed by atoms with E-state index in [9.17, 15) is 13.2 Å². The van der Waals surface area contributed by atoms with Crippen LogP contribution in [0.2, 0.25) is 0 Å². The highest BCUT2D eigenvalue weighted by Crippen LogP contribution is 2.29. The Labute approximate surface area is 190 Å². The van der Waals surface area contributed by atoms with E-state index in [0.717, 1.165) is 16.8 Å². The molecule has 1 amide bonds. The van der Waals surface area contributed by atoms with Gasteiger partial charge in [0.15, 0.2) is 0 Å². The molecule has 0 aliphatic carbocycles. The molecule has 1 N–H and O–H groups in total. The third kappa shape index (κ3) is 5.38. The number of amides is 1. The Morgan fingerprint density at radius 1 is 1.19 bits per heavy atom. The summed E-state index contributed by atoms with van der Waals surface area (Å²) in [7, 11) is -2.31. The number of carbonyl (C=O) groups excluding carboxylic acids is 1. The third-order valence-corrected chi connectivity index (χ3v) is 7.30. The van der Waals surface area contributed by atoms with Gasteiger partial charge >= 0.3 is 0 Å². The van der Waals surface area contributed by atoms with E-state index in [1.54, 1.807) is 18.2 Å². The quantitative estimate of drug-likeness (QED) is 0.638. The Morgan fingerprint density at radius 2 is 1.91 bits per heavy atom. The van der Waals surface area contributed by atoms with Crippen molar-refractivity contribution in [2.45, 2.75) is 31.6 Å². The highest BCUT2D eigenvalue weighted by atomic mass is 32.2. The summed E-state index contributed by atoms with van der Waals surface area (Å²) >= 11 is 0. The van der Waals surface area contributed by atoms with Crippen molar-refractivity contribution in [3.8, 4) is 5.75 Å². The van der Waals surface area contributed by atoms with Crippen molar-refractivity contribution in [1.82, 2.24) is 4.31 Å². The number of nitrogens with one attached hydrogen (secondary N) is 1. The van der Waals surface area contributed by atoms with Gasteiger partial charge < -0.3 is 14.8 Å². The van der Waals surface area contributed by atoms with Gasteiger partial charge in [-0.15, -0.1) is 0 Å². The molecule has 0 aromatic heterocycles. The van der Waals surface area contributed by atoms with Crippen LogP contribution < -0.4 is 10.1 Å². The van der Waals surface area contributed by atoms with Crippen LogP contribution in [-0.4, -0.2) is 52.0 Å². The second kappa shape index (κ2) is 10.3. The van der Waals surface area contributed by atoms with E-state index in [2.05, 4.69) is 19.2 Å². The zero-order valence-corrected chi connectivity index (χ0v) is 19.7. The molecule has 0 bridgehead atoms. The van der Waals surface area contributed by atoms with E-state index in [-0.39, 0.29) is 22.5 Å². The first kappa shape index (κ1) is 24.0. The Morgan fingerprint density at radius 3 is 2.56 bits per heavy atom. The number of nitrogens with zero attached hydrogens (tertiary/aromatic N) is 1. The normalized spacial score (nSPS) is 15.3. The molecule has 1 saturated heterocycles. The molecule has 1 aliphatic rings. The van der Waals surface area contributed by atoms with Gasteiger partial charge in [0.25, 0.3) is 0 Å². The lowest BCUT2D eigenvalue weighted by Gasteiger charge is -2.26. The van der Waals surface area contributed by atoms with E-state index in [0.29, 0.717) is 31.9 Å². The molecule has 0 saturated carbocycles. The summed E-state index contributed by atoms with van der Waals surface area (Å²) in [6.07, 6.45) is 3.00. The topological polar surface area (TPSA) is 84.9 Å². The second-order valence-electron chi connectivity index (χ2n) is 7.94. The third-order valence-electron chi connectivity index (χ3n) is 5.38. The maximum absolute atomic E-state index is 13.1. The molecule has 2 aromatic rings. The molecule has 7 nitrogen and oxygen atoms in total. The lowest BCUT2D eigenvalue weighted by Crippen LogP contribution is -2.40. The molecular weight excluding hydrogens is 428 g/mol. The number of morpholine rings is 1. The number of benzene rings is 2. The number of sulfonamides is 1. The predicted molar refractivity (Wildman–Crippen MR) is 126 cm³/mol. The van der Waals surface area contributed by atoms with Gasteiger partial charge in [0.2, 0.25) is 15.9 Å². The maximum Gasteiger partial charge on any atom is 0.248 e. The highest BCUT2D eigenvalue weighted by molar-refractivity contribution is 7.89. The molecule has 1 fully saturated rings. The van der Waals surface area contributed by atoms with E-state index in [4.69, 9.17) is 9.47 Å². The number of anilines is 1. The lowest BCUT2D eigenvalue weighted by molar-refractivity contribution is -0.111. The van der Waals surface area contributed by atoms with Crippen LogP contribution in [-0.2, 0) is 19.6 Å². The summed E-state index contributed by atoms with van der Waals surface area (Å²) in [5, 5.41) is 2.96. The van der Waals surface area contributed by atoms with Gasteiger partial charge in [0.1, 0.15) is 10.6 Å². The summed E-state index contributed by atoms with van der Waals surface area (Å²) in [5.74, 6) is 0.248. The lowest BCUT2D eigenvalue weighted by atomic mass is 9.98. The Bertz CT molecular complexity index is 1100. The molecule has 3 rings (SSSR count). The number of carbonyl (C=O) groups is 1. The van der Waals surface area contributed by atoms with Gasteiger partial charge in [-0.05, 0) is 47.7 Å². The number of ether oxygens (including phenoxy) is 2. The van der Waals surface area contributed by atoms with Crippen molar-refractivity contribution >= 4 is 27.7 Å². The van der Waals surface area contributed by atoms with Crippen LogP contribution in [0.5, 0.6) is 5.75 Å². The Kier molecular flexibility index (Phi) is 7.71. The van der Waals surface area contributed by atoms with E-state index in [1.807, 2.05) is 25.1 Å². The SMILES string of the molecule is COc1ccc(/C=C/C(=O)Nc2c(C)cccc2C(C)C)cc1S(=O)(=O)N1CCOCC1. The predicted octanol–water partition coefficient (Wildman–Crippen LogP) is 3.80. The van der Waals surface area contributed by atoms with Crippen molar-refractivity contribution in [3.63, 3.8) is 0 Å². The Balaban J connectivity index is 1.84. The minimum atomic E-state index is -3.74. The molecule has 0 unspecified atom stereocenters. The van der Waals surface area contributed by atoms with Crippen molar-refractivity contribution in [2.75, 3.05) is 38.7 Å². The molecule has 0 spiro atoms. The summed E-state index contributed by atoms with van der Waals surface area (Å²) in [4.78, 5) is 12.7. The zero-order chi connectivity index (χ0) is 23.3. The molecule has 1 heterocycles. The molecule has 2 aromatic carbocycles. The first-order valence-corrected chi connectivity index (χ1v) is 12.0. The average Bonchev–Trinajstić information content (AvgIpc) is 2.79. The number of rotatable bonds is 7. The van der Waals surface area contributed by atoms with Gasteiger partial charge in [-0.25, -0.2) is 8.42 Å². The van der Waals surface area contributed by atoms with Crippen molar-refractivity contribution in [1.29, 1.82) is 0 Å². The largest absolute Gasteiger partial charge is 0.495 e. The fourth-order valence-electron chi connectivity index (χ4n) is 3.60. The van der Waals surface area contributed by atoms with Gasteiger partial charge in [-0.1, -0.05) is 38.1 Å². The molecule has 32 heavy (non-hydrogen) atoms. The zero-order valence-electron chi connectivity index (χ0n) is 18.9. The first-order valence-electron chi connectivity index (χ1n) is 10.6. The molecular formula is C24H30N2O5S. The minimum Gasteiger partial charge on any atom is -0.495 e. The van der Waals surface area contributed by atoms with Crippen LogP contribution in [0.15, 0.2) is 47.4 Å². The first-order chi connectivity index (χ1) is 15.2. The number of hydrogen-bond acceptors (Lipinski definition) is 5. The fourth-order valence-corrected chi connectivity index (χ4v) is 5.20. The summed E-state index contributed by atoms with van der Waals surface area (Å²) in [5.41, 5.74) is 3.44. The monoisotopic (exact) mass is 458 g/mol. The molecule has 1 aliphatic heterocycles. The number of methoxy groups -OCH3 is 1. The smallest absolute Gasteiger partial charge is 0.248 e.